The summed E-state index contributed by atoms with van der Waals surface area (Å²) in [4.78, 5) is 13.8. The molecule has 0 saturated heterocycles. The van der Waals surface area contributed by atoms with Gasteiger partial charge in [-0.3, -0.25) is 4.79 Å². The van der Waals surface area contributed by atoms with Crippen molar-refractivity contribution in [3.05, 3.63) is 58.9 Å². The van der Waals surface area contributed by atoms with Crippen LogP contribution in [0.2, 0.25) is 5.02 Å². The van der Waals surface area contributed by atoms with E-state index >= 15 is 0 Å². The van der Waals surface area contributed by atoms with Gasteiger partial charge in [-0.25, -0.2) is 4.39 Å². The van der Waals surface area contributed by atoms with Crippen molar-refractivity contribution in [3.63, 3.8) is 0 Å². The van der Waals surface area contributed by atoms with E-state index in [0.717, 1.165) is 11.1 Å². The van der Waals surface area contributed by atoms with Gasteiger partial charge in [0, 0.05) is 10.6 Å². The fraction of sp³-hybridized carbons (Fsp3) is 0.222. The molecule has 0 spiro atoms. The minimum Gasteiger partial charge on any atom is -0.322 e. The molecule has 0 bridgehead atoms. The van der Waals surface area contributed by atoms with E-state index < -0.39 is 17.8 Å². The lowest BCUT2D eigenvalue weighted by molar-refractivity contribution is -0.120. The van der Waals surface area contributed by atoms with E-state index in [0.29, 0.717) is 17.3 Å². The Kier molecular flexibility index (Phi) is 5.27. The second-order valence-electron chi connectivity index (χ2n) is 5.84. The van der Waals surface area contributed by atoms with Gasteiger partial charge in [0.1, 0.15) is 5.82 Å². The van der Waals surface area contributed by atoms with Crippen molar-refractivity contribution in [2.45, 2.75) is 26.3 Å². The van der Waals surface area contributed by atoms with Crippen molar-refractivity contribution in [2.24, 2.45) is 0 Å². The monoisotopic (exact) mass is 373 g/mol. The van der Waals surface area contributed by atoms with Crippen LogP contribution in [0.5, 0.6) is 0 Å². The Morgan fingerprint density at radius 3 is 2.65 bits per heavy atom. The zero-order valence-corrected chi connectivity index (χ0v) is 15.0. The zero-order valence-electron chi connectivity index (χ0n) is 14.3. The molecular formula is C18H17ClFN5O. The molecule has 0 aliphatic rings. The fourth-order valence-corrected chi connectivity index (χ4v) is 2.59. The molecule has 1 unspecified atom stereocenters. The van der Waals surface area contributed by atoms with E-state index in [1.54, 1.807) is 37.3 Å². The average molecular weight is 374 g/mol. The predicted octanol–water partition coefficient (Wildman–Crippen LogP) is 4.03. The minimum absolute atomic E-state index is 0.122. The first-order valence-electron chi connectivity index (χ1n) is 8.10. The van der Waals surface area contributed by atoms with Crippen molar-refractivity contribution >= 4 is 23.2 Å². The van der Waals surface area contributed by atoms with Crippen LogP contribution in [0.4, 0.5) is 10.1 Å². The number of nitrogens with one attached hydrogen (secondary N) is 1. The van der Waals surface area contributed by atoms with E-state index in [-0.39, 0.29) is 5.69 Å². The van der Waals surface area contributed by atoms with Crippen molar-refractivity contribution in [3.8, 4) is 11.4 Å². The number of carbonyl (C=O) groups is 1. The molecule has 3 rings (SSSR count). The number of aryl methyl sites for hydroxylation is 1. The summed E-state index contributed by atoms with van der Waals surface area (Å²) in [5.74, 6) is -0.508. The largest absolute Gasteiger partial charge is 0.322 e. The fourth-order valence-electron chi connectivity index (χ4n) is 2.46. The number of carbonyl (C=O) groups excluding carboxylic acids is 1. The number of tetrazole rings is 1. The Bertz CT molecular complexity index is 926. The van der Waals surface area contributed by atoms with E-state index in [4.69, 9.17) is 11.6 Å². The highest BCUT2D eigenvalue weighted by molar-refractivity contribution is 6.30. The standard InChI is InChI=1S/C18H17ClFN5O/c1-3-16(18(26)21-15-9-4-11(2)10-14(15)20)25-23-17(22-24-25)12-5-7-13(19)8-6-12/h4-10,16H,3H2,1-2H3,(H,21,26). The van der Waals surface area contributed by atoms with Crippen LogP contribution in [0.1, 0.15) is 24.9 Å². The Balaban J connectivity index is 1.80. The molecule has 0 fully saturated rings. The topological polar surface area (TPSA) is 72.7 Å². The van der Waals surface area contributed by atoms with E-state index in [1.165, 1.54) is 16.9 Å². The molecular weight excluding hydrogens is 357 g/mol. The highest BCUT2D eigenvalue weighted by Gasteiger charge is 2.23. The maximum Gasteiger partial charge on any atom is 0.251 e. The van der Waals surface area contributed by atoms with Crippen LogP contribution in [-0.4, -0.2) is 26.1 Å². The summed E-state index contributed by atoms with van der Waals surface area (Å²) in [6, 6.07) is 10.9. The number of anilines is 1. The van der Waals surface area contributed by atoms with Gasteiger partial charge in [-0.1, -0.05) is 24.6 Å². The summed E-state index contributed by atoms with van der Waals surface area (Å²) in [6.07, 6.45) is 0.426. The van der Waals surface area contributed by atoms with Crippen molar-refractivity contribution < 1.29 is 9.18 Å². The molecule has 26 heavy (non-hydrogen) atoms. The smallest absolute Gasteiger partial charge is 0.251 e. The zero-order chi connectivity index (χ0) is 18.7. The maximum absolute atomic E-state index is 14.0. The minimum atomic E-state index is -0.704. The molecule has 1 N–H and O–H groups in total. The molecule has 3 aromatic rings. The SMILES string of the molecule is CCC(C(=O)Nc1ccc(C)cc1F)n1nnc(-c2ccc(Cl)cc2)n1. The van der Waals surface area contributed by atoms with Crippen molar-refractivity contribution in [2.75, 3.05) is 5.32 Å². The first kappa shape index (κ1) is 18.0. The molecule has 0 aliphatic heterocycles. The quantitative estimate of drug-likeness (QED) is 0.732. The molecule has 1 aromatic heterocycles. The maximum atomic E-state index is 14.0. The van der Waals surface area contributed by atoms with Crippen LogP contribution in [0.3, 0.4) is 0 Å². The van der Waals surface area contributed by atoms with Gasteiger partial charge in [-0.2, -0.15) is 4.80 Å². The molecule has 134 valence electrons. The van der Waals surface area contributed by atoms with Crippen LogP contribution in [0, 0.1) is 12.7 Å². The first-order valence-corrected chi connectivity index (χ1v) is 8.48. The number of nitrogens with zero attached hydrogens (tertiary/aromatic N) is 4. The van der Waals surface area contributed by atoms with Gasteiger partial charge < -0.3 is 5.32 Å². The second-order valence-corrected chi connectivity index (χ2v) is 6.27. The van der Waals surface area contributed by atoms with Crippen molar-refractivity contribution in [1.29, 1.82) is 0 Å². The predicted molar refractivity (Wildman–Crippen MR) is 97.4 cm³/mol. The van der Waals surface area contributed by atoms with E-state index in [1.807, 2.05) is 6.92 Å². The lowest BCUT2D eigenvalue weighted by Crippen LogP contribution is -2.27. The number of hydrogen-bond donors (Lipinski definition) is 1. The van der Waals surface area contributed by atoms with Gasteiger partial charge >= 0.3 is 0 Å². The number of hydrogen-bond acceptors (Lipinski definition) is 4. The molecule has 0 aliphatic carbocycles. The first-order chi connectivity index (χ1) is 12.5. The lowest BCUT2D eigenvalue weighted by Gasteiger charge is -2.14. The van der Waals surface area contributed by atoms with Crippen LogP contribution >= 0.6 is 11.6 Å². The molecule has 8 heteroatoms. The number of amides is 1. The van der Waals surface area contributed by atoms with E-state index in [2.05, 4.69) is 20.7 Å². The van der Waals surface area contributed by atoms with E-state index in [9.17, 15) is 9.18 Å². The number of benzene rings is 2. The third-order valence-electron chi connectivity index (χ3n) is 3.88. The highest BCUT2D eigenvalue weighted by Crippen LogP contribution is 2.20. The van der Waals surface area contributed by atoms with Crippen LogP contribution in [-0.2, 0) is 4.79 Å². The molecule has 1 atom stereocenters. The van der Waals surface area contributed by atoms with Gasteiger partial charge in [0.2, 0.25) is 5.82 Å². The summed E-state index contributed by atoms with van der Waals surface area (Å²) in [7, 11) is 0. The van der Waals surface area contributed by atoms with Gasteiger partial charge in [0.15, 0.2) is 6.04 Å². The summed E-state index contributed by atoms with van der Waals surface area (Å²) < 4.78 is 14.0. The lowest BCUT2D eigenvalue weighted by atomic mass is 10.2. The Morgan fingerprint density at radius 2 is 2.00 bits per heavy atom. The Morgan fingerprint density at radius 1 is 1.27 bits per heavy atom. The molecule has 0 saturated carbocycles. The van der Waals surface area contributed by atoms with Gasteiger partial charge in [0.05, 0.1) is 5.69 Å². The summed E-state index contributed by atoms with van der Waals surface area (Å²) in [5, 5.41) is 15.4. The molecule has 2 aromatic carbocycles. The van der Waals surface area contributed by atoms with Crippen molar-refractivity contribution in [1.82, 2.24) is 20.2 Å². The molecule has 0 radical (unpaired) electrons. The normalized spacial score (nSPS) is 12.0. The van der Waals surface area contributed by atoms with Gasteiger partial charge in [-0.15, -0.1) is 10.2 Å². The van der Waals surface area contributed by atoms with Crippen LogP contribution < -0.4 is 5.32 Å². The Labute approximate surface area is 155 Å². The number of rotatable bonds is 5. The summed E-state index contributed by atoms with van der Waals surface area (Å²) in [5.41, 5.74) is 1.63. The third kappa shape index (κ3) is 3.88. The highest BCUT2D eigenvalue weighted by atomic mass is 35.5. The Hall–Kier alpha value is -2.80. The van der Waals surface area contributed by atoms with Crippen LogP contribution in [0.15, 0.2) is 42.5 Å². The van der Waals surface area contributed by atoms with Gasteiger partial charge in [0.25, 0.3) is 5.91 Å². The molecule has 6 nitrogen and oxygen atoms in total. The number of halogens is 2. The van der Waals surface area contributed by atoms with Gasteiger partial charge in [-0.05, 0) is 60.5 Å². The number of aromatic nitrogens is 4. The average Bonchev–Trinajstić information content (AvgIpc) is 3.08. The summed E-state index contributed by atoms with van der Waals surface area (Å²) >= 11 is 5.87. The van der Waals surface area contributed by atoms with Crippen LogP contribution in [0.25, 0.3) is 11.4 Å². The second kappa shape index (κ2) is 7.61. The summed E-state index contributed by atoms with van der Waals surface area (Å²) in [6.45, 7) is 3.60. The molecule has 1 amide bonds. The third-order valence-corrected chi connectivity index (χ3v) is 4.13. The molecule has 1 heterocycles.